The number of carbonyl (C=O) groups is 3. The van der Waals surface area contributed by atoms with Crippen molar-refractivity contribution >= 4 is 23.8 Å². The summed E-state index contributed by atoms with van der Waals surface area (Å²) in [7, 11) is 1.46. The lowest BCUT2D eigenvalue weighted by Gasteiger charge is -2.25. The highest BCUT2D eigenvalue weighted by molar-refractivity contribution is 6.39. The highest BCUT2D eigenvalue weighted by Crippen LogP contribution is 2.28. The van der Waals surface area contributed by atoms with Gasteiger partial charge in [0.25, 0.3) is 5.91 Å². The minimum Gasteiger partial charge on any atom is -0.495 e. The molecule has 2 amide bonds. The SMILES string of the molecule is COc1ccccc1N(C=O)C(C)C(=O)C(=O)NCc1cnccn1. The molecule has 130 valence electrons. The third-order valence-corrected chi connectivity index (χ3v) is 3.54. The molecule has 2 rings (SSSR count). The second-order valence-electron chi connectivity index (χ2n) is 5.10. The maximum absolute atomic E-state index is 12.3. The van der Waals surface area contributed by atoms with E-state index in [2.05, 4.69) is 15.3 Å². The molecule has 1 unspecified atom stereocenters. The Morgan fingerprint density at radius 1 is 1.32 bits per heavy atom. The largest absolute Gasteiger partial charge is 0.495 e. The standard InChI is InChI=1S/C17H18N4O4/c1-12(21(11-22)14-5-3-4-6-15(14)25-2)16(23)17(24)20-10-13-9-18-7-8-19-13/h3-9,11-12H,10H2,1-2H3,(H,20,24). The maximum Gasteiger partial charge on any atom is 0.289 e. The van der Waals surface area contributed by atoms with E-state index < -0.39 is 17.7 Å². The van der Waals surface area contributed by atoms with Crippen LogP contribution in [0.25, 0.3) is 0 Å². The van der Waals surface area contributed by atoms with Gasteiger partial charge in [-0.2, -0.15) is 0 Å². The Morgan fingerprint density at radius 2 is 2.08 bits per heavy atom. The van der Waals surface area contributed by atoms with E-state index in [9.17, 15) is 14.4 Å². The number of aromatic nitrogens is 2. The summed E-state index contributed by atoms with van der Waals surface area (Å²) in [5.74, 6) is -1.13. The topological polar surface area (TPSA) is 101 Å². The predicted molar refractivity (Wildman–Crippen MR) is 89.9 cm³/mol. The number of nitrogens with one attached hydrogen (secondary N) is 1. The Labute approximate surface area is 144 Å². The predicted octanol–water partition coefficient (Wildman–Crippen LogP) is 0.722. The van der Waals surface area contributed by atoms with Gasteiger partial charge in [0.2, 0.25) is 12.2 Å². The Morgan fingerprint density at radius 3 is 2.72 bits per heavy atom. The van der Waals surface area contributed by atoms with E-state index in [1.807, 2.05) is 0 Å². The Bertz CT molecular complexity index is 751. The van der Waals surface area contributed by atoms with Gasteiger partial charge in [0.1, 0.15) is 11.8 Å². The number of nitrogens with zero attached hydrogens (tertiary/aromatic N) is 3. The quantitative estimate of drug-likeness (QED) is 0.560. The third kappa shape index (κ3) is 4.37. The van der Waals surface area contributed by atoms with Crippen molar-refractivity contribution in [2.24, 2.45) is 0 Å². The summed E-state index contributed by atoms with van der Waals surface area (Å²) in [5.41, 5.74) is 0.927. The minimum atomic E-state index is -0.990. The van der Waals surface area contributed by atoms with Crippen LogP contribution in [-0.2, 0) is 20.9 Å². The van der Waals surface area contributed by atoms with E-state index in [0.717, 1.165) is 4.90 Å². The second-order valence-corrected chi connectivity index (χ2v) is 5.10. The normalized spacial score (nSPS) is 11.3. The number of Topliss-reactive ketones (excluding diaryl/α,β-unsaturated/α-hetero) is 1. The molecule has 1 heterocycles. The molecule has 0 fully saturated rings. The number of hydrogen-bond donors (Lipinski definition) is 1. The van der Waals surface area contributed by atoms with Gasteiger partial charge in [0, 0.05) is 12.4 Å². The van der Waals surface area contributed by atoms with Gasteiger partial charge >= 0.3 is 0 Å². The molecule has 1 aromatic heterocycles. The first kappa shape index (κ1) is 18.1. The number of para-hydroxylation sites is 2. The second kappa shape index (κ2) is 8.53. The molecule has 1 aromatic carbocycles. The van der Waals surface area contributed by atoms with Crippen molar-refractivity contribution < 1.29 is 19.1 Å². The van der Waals surface area contributed by atoms with Crippen LogP contribution in [0, 0.1) is 0 Å². The van der Waals surface area contributed by atoms with E-state index >= 15 is 0 Å². The number of ketones is 1. The molecular formula is C17H18N4O4. The molecule has 0 aliphatic heterocycles. The van der Waals surface area contributed by atoms with Crippen LogP contribution >= 0.6 is 0 Å². The lowest BCUT2D eigenvalue weighted by Crippen LogP contribution is -2.45. The fraction of sp³-hybridized carbons (Fsp3) is 0.235. The van der Waals surface area contributed by atoms with Gasteiger partial charge in [-0.1, -0.05) is 12.1 Å². The van der Waals surface area contributed by atoms with E-state index in [4.69, 9.17) is 4.74 Å². The fourth-order valence-electron chi connectivity index (χ4n) is 2.20. The first-order chi connectivity index (χ1) is 12.1. The summed E-state index contributed by atoms with van der Waals surface area (Å²) < 4.78 is 5.20. The Kier molecular flexibility index (Phi) is 6.16. The van der Waals surface area contributed by atoms with Crippen molar-refractivity contribution in [1.29, 1.82) is 0 Å². The molecule has 0 saturated carbocycles. The molecule has 8 heteroatoms. The lowest BCUT2D eigenvalue weighted by molar-refractivity contribution is -0.138. The summed E-state index contributed by atoms with van der Waals surface area (Å²) in [6.45, 7) is 1.55. The van der Waals surface area contributed by atoms with Gasteiger partial charge in [-0.05, 0) is 19.1 Å². The lowest BCUT2D eigenvalue weighted by atomic mass is 10.1. The summed E-state index contributed by atoms with van der Waals surface area (Å²) in [4.78, 5) is 45.0. The van der Waals surface area contributed by atoms with Crippen LogP contribution in [0.3, 0.4) is 0 Å². The van der Waals surface area contributed by atoms with Crippen LogP contribution in [-0.4, -0.2) is 41.2 Å². The molecule has 1 atom stereocenters. The zero-order chi connectivity index (χ0) is 18.2. The summed E-state index contributed by atoms with van der Waals surface area (Å²) in [6, 6.07) is 5.76. The summed E-state index contributed by atoms with van der Waals surface area (Å²) >= 11 is 0. The number of amides is 2. The fourth-order valence-corrected chi connectivity index (χ4v) is 2.20. The highest BCUT2D eigenvalue weighted by atomic mass is 16.5. The Balaban J connectivity index is 2.08. The molecule has 0 aliphatic rings. The van der Waals surface area contributed by atoms with Crippen molar-refractivity contribution in [2.75, 3.05) is 12.0 Å². The van der Waals surface area contributed by atoms with Crippen molar-refractivity contribution in [3.05, 3.63) is 48.5 Å². The number of methoxy groups -OCH3 is 1. The molecule has 0 radical (unpaired) electrons. The van der Waals surface area contributed by atoms with E-state index in [1.165, 1.54) is 32.6 Å². The molecule has 0 spiro atoms. The Hall–Kier alpha value is -3.29. The first-order valence-corrected chi connectivity index (χ1v) is 7.52. The molecule has 2 aromatic rings. The molecule has 0 aliphatic carbocycles. The first-order valence-electron chi connectivity index (χ1n) is 7.52. The third-order valence-electron chi connectivity index (χ3n) is 3.54. The van der Waals surface area contributed by atoms with Crippen molar-refractivity contribution in [2.45, 2.75) is 19.5 Å². The molecule has 0 saturated heterocycles. The molecule has 1 N–H and O–H groups in total. The average Bonchev–Trinajstić information content (AvgIpc) is 2.67. The average molecular weight is 342 g/mol. The van der Waals surface area contributed by atoms with Crippen LogP contribution in [0.4, 0.5) is 5.69 Å². The van der Waals surface area contributed by atoms with Crippen molar-refractivity contribution in [3.8, 4) is 5.75 Å². The molecule has 8 nitrogen and oxygen atoms in total. The van der Waals surface area contributed by atoms with Crippen LogP contribution in [0.15, 0.2) is 42.9 Å². The number of carbonyl (C=O) groups excluding carboxylic acids is 3. The molecular weight excluding hydrogens is 324 g/mol. The number of ether oxygens (including phenoxy) is 1. The number of benzene rings is 1. The zero-order valence-electron chi connectivity index (χ0n) is 13.9. The van der Waals surface area contributed by atoms with Crippen molar-refractivity contribution in [1.82, 2.24) is 15.3 Å². The number of rotatable bonds is 8. The van der Waals surface area contributed by atoms with E-state index in [-0.39, 0.29) is 6.54 Å². The van der Waals surface area contributed by atoms with Gasteiger partial charge in [-0.25, -0.2) is 0 Å². The van der Waals surface area contributed by atoms with Crippen LogP contribution in [0.1, 0.15) is 12.6 Å². The zero-order valence-corrected chi connectivity index (χ0v) is 13.9. The van der Waals surface area contributed by atoms with Crippen LogP contribution in [0.5, 0.6) is 5.75 Å². The van der Waals surface area contributed by atoms with E-state index in [1.54, 1.807) is 24.3 Å². The van der Waals surface area contributed by atoms with Gasteiger partial charge in [-0.3, -0.25) is 24.4 Å². The number of hydrogen-bond acceptors (Lipinski definition) is 6. The van der Waals surface area contributed by atoms with Gasteiger partial charge in [-0.15, -0.1) is 0 Å². The van der Waals surface area contributed by atoms with Gasteiger partial charge in [0.15, 0.2) is 0 Å². The highest BCUT2D eigenvalue weighted by Gasteiger charge is 2.28. The van der Waals surface area contributed by atoms with Gasteiger partial charge in [0.05, 0.1) is 31.2 Å². The number of anilines is 1. The van der Waals surface area contributed by atoms with Crippen LogP contribution < -0.4 is 15.0 Å². The molecule has 25 heavy (non-hydrogen) atoms. The smallest absolute Gasteiger partial charge is 0.289 e. The molecule has 0 bridgehead atoms. The van der Waals surface area contributed by atoms with Crippen molar-refractivity contribution in [3.63, 3.8) is 0 Å². The summed E-state index contributed by atoms with van der Waals surface area (Å²) in [5, 5.41) is 2.47. The minimum absolute atomic E-state index is 0.0703. The van der Waals surface area contributed by atoms with E-state index in [0.29, 0.717) is 23.5 Å². The van der Waals surface area contributed by atoms with Gasteiger partial charge < -0.3 is 15.0 Å². The van der Waals surface area contributed by atoms with Crippen LogP contribution in [0.2, 0.25) is 0 Å². The summed E-state index contributed by atoms with van der Waals surface area (Å²) in [6.07, 6.45) is 4.98. The monoisotopic (exact) mass is 342 g/mol. The maximum atomic E-state index is 12.3.